The van der Waals surface area contributed by atoms with Crippen LogP contribution in [0.3, 0.4) is 0 Å². The van der Waals surface area contributed by atoms with Crippen LogP contribution in [0.4, 0.5) is 0 Å². The first kappa shape index (κ1) is 31.7. The lowest BCUT2D eigenvalue weighted by molar-refractivity contribution is 0.0263. The number of hydrogen-bond donors (Lipinski definition) is 1. The summed E-state index contributed by atoms with van der Waals surface area (Å²) in [7, 11) is -2.65. The summed E-state index contributed by atoms with van der Waals surface area (Å²) in [6.45, 7) is 2.37. The fraction of sp³-hybridized carbons (Fsp3) is 0.143. The number of carbonyl (C=O) groups excluding carboxylic acids is 1. The third-order valence-electron chi connectivity index (χ3n) is 6.87. The highest BCUT2D eigenvalue weighted by atomic mass is 35.5. The predicted octanol–water partition coefficient (Wildman–Crippen LogP) is 7.34. The molecule has 1 amide bonds. The molecule has 4 aromatic carbocycles. The highest BCUT2D eigenvalue weighted by Crippen LogP contribution is 2.28. The van der Waals surface area contributed by atoms with Crippen molar-refractivity contribution in [3.63, 3.8) is 0 Å². The van der Waals surface area contributed by atoms with E-state index in [2.05, 4.69) is 9.71 Å². The molecule has 0 fully saturated rings. The molecule has 1 heterocycles. The lowest BCUT2D eigenvalue weighted by Crippen LogP contribution is -2.31. The molecule has 8 nitrogen and oxygen atoms in total. The number of nitrogens with one attached hydrogen (secondary N) is 1. The first-order valence-corrected chi connectivity index (χ1v) is 16.0. The van der Waals surface area contributed by atoms with Gasteiger partial charge in [-0.25, -0.2) is 18.1 Å². The van der Waals surface area contributed by atoms with Crippen LogP contribution in [0, 0.1) is 0 Å². The Bertz CT molecular complexity index is 1950. The topological polar surface area (TPSA) is 104 Å². The van der Waals surface area contributed by atoms with E-state index in [-0.39, 0.29) is 22.8 Å². The Morgan fingerprint density at radius 1 is 0.933 bits per heavy atom. The molecule has 1 atom stereocenters. The molecule has 1 aromatic heterocycles. The van der Waals surface area contributed by atoms with E-state index in [0.29, 0.717) is 17.4 Å². The molecule has 0 bridgehead atoms. The Morgan fingerprint density at radius 3 is 2.51 bits per heavy atom. The summed E-state index contributed by atoms with van der Waals surface area (Å²) in [4.78, 5) is 17.9. The van der Waals surface area contributed by atoms with Gasteiger partial charge in [0.25, 0.3) is 15.9 Å². The molecule has 5 rings (SSSR count). The van der Waals surface area contributed by atoms with E-state index in [1.54, 1.807) is 30.3 Å². The lowest BCUT2D eigenvalue weighted by atomic mass is 10.1. The Hall–Kier alpha value is -4.70. The van der Waals surface area contributed by atoms with E-state index in [1.165, 1.54) is 25.3 Å². The first-order chi connectivity index (χ1) is 21.8. The fourth-order valence-electron chi connectivity index (χ4n) is 4.63. The quantitative estimate of drug-likeness (QED) is 0.152. The van der Waals surface area contributed by atoms with E-state index in [0.717, 1.165) is 27.7 Å². The van der Waals surface area contributed by atoms with Crippen molar-refractivity contribution in [3.8, 4) is 11.5 Å². The number of halogens is 1. The minimum atomic E-state index is -4.11. The van der Waals surface area contributed by atoms with Crippen molar-refractivity contribution >= 4 is 50.6 Å². The summed E-state index contributed by atoms with van der Waals surface area (Å²) >= 11 is 6.14. The van der Waals surface area contributed by atoms with Crippen molar-refractivity contribution in [2.45, 2.75) is 17.9 Å². The van der Waals surface area contributed by atoms with Gasteiger partial charge in [-0.3, -0.25) is 4.79 Å². The van der Waals surface area contributed by atoms with Crippen molar-refractivity contribution in [3.05, 3.63) is 131 Å². The highest BCUT2D eigenvalue weighted by Gasteiger charge is 2.23. The minimum absolute atomic E-state index is 0.00459. The SMILES string of the molecule is CCOC(COc1ccc(OC)cc1C(=O)NS(=O)(=O)c1ccccc1)c1cccc(/C=C/c2ccc3ccc(Cl)cc3n2)c1. The van der Waals surface area contributed by atoms with Crippen molar-refractivity contribution in [1.29, 1.82) is 0 Å². The number of nitrogens with zero attached hydrogens (tertiary/aromatic N) is 1. The number of rotatable bonds is 12. The van der Waals surface area contributed by atoms with Crippen LogP contribution in [-0.2, 0) is 14.8 Å². The van der Waals surface area contributed by atoms with Crippen LogP contribution in [0.2, 0.25) is 5.02 Å². The molecular weight excluding hydrogens is 612 g/mol. The van der Waals surface area contributed by atoms with E-state index in [9.17, 15) is 13.2 Å². The summed E-state index contributed by atoms with van der Waals surface area (Å²) in [5.41, 5.74) is 3.41. The second-order valence-corrected chi connectivity index (χ2v) is 12.1. The number of amides is 1. The molecule has 1 unspecified atom stereocenters. The Morgan fingerprint density at radius 2 is 1.73 bits per heavy atom. The zero-order valence-electron chi connectivity index (χ0n) is 24.6. The summed E-state index contributed by atoms with van der Waals surface area (Å²) in [5.74, 6) is -0.299. The van der Waals surface area contributed by atoms with Crippen LogP contribution >= 0.6 is 11.6 Å². The fourth-order valence-corrected chi connectivity index (χ4v) is 5.78. The lowest BCUT2D eigenvalue weighted by Gasteiger charge is -2.20. The van der Waals surface area contributed by atoms with Gasteiger partial charge in [0.05, 0.1) is 28.8 Å². The van der Waals surface area contributed by atoms with Gasteiger partial charge in [-0.2, -0.15) is 0 Å². The first-order valence-electron chi connectivity index (χ1n) is 14.1. The summed E-state index contributed by atoms with van der Waals surface area (Å²) in [6, 6.07) is 29.7. The maximum atomic E-state index is 13.2. The van der Waals surface area contributed by atoms with Crippen LogP contribution in [-0.4, -0.2) is 39.6 Å². The average Bonchev–Trinajstić information content (AvgIpc) is 3.05. The zero-order chi connectivity index (χ0) is 31.8. The summed E-state index contributed by atoms with van der Waals surface area (Å²) in [5, 5.41) is 1.64. The average molecular weight is 643 g/mol. The van der Waals surface area contributed by atoms with Crippen LogP contribution in [0.1, 0.15) is 40.2 Å². The largest absolute Gasteiger partial charge is 0.497 e. The Kier molecular flexibility index (Phi) is 10.1. The Balaban J connectivity index is 1.34. The van der Waals surface area contributed by atoms with Crippen molar-refractivity contribution in [1.82, 2.24) is 9.71 Å². The van der Waals surface area contributed by atoms with Crippen LogP contribution in [0.25, 0.3) is 23.1 Å². The van der Waals surface area contributed by atoms with Gasteiger partial charge in [0.1, 0.15) is 24.2 Å². The number of hydrogen-bond acceptors (Lipinski definition) is 7. The molecule has 0 saturated carbocycles. The van der Waals surface area contributed by atoms with E-state index < -0.39 is 22.0 Å². The molecule has 10 heteroatoms. The molecule has 0 aliphatic heterocycles. The highest BCUT2D eigenvalue weighted by molar-refractivity contribution is 7.90. The second kappa shape index (κ2) is 14.4. The van der Waals surface area contributed by atoms with Gasteiger partial charge in [0.2, 0.25) is 0 Å². The molecule has 0 radical (unpaired) electrons. The predicted molar refractivity (Wildman–Crippen MR) is 176 cm³/mol. The zero-order valence-corrected chi connectivity index (χ0v) is 26.2. The van der Waals surface area contributed by atoms with Gasteiger partial charge in [-0.1, -0.05) is 66.2 Å². The number of benzene rings is 4. The van der Waals surface area contributed by atoms with E-state index >= 15 is 0 Å². The number of methoxy groups -OCH3 is 1. The molecule has 230 valence electrons. The second-order valence-electron chi connectivity index (χ2n) is 9.94. The molecule has 0 aliphatic carbocycles. The van der Waals surface area contributed by atoms with Crippen LogP contribution in [0.15, 0.2) is 108 Å². The van der Waals surface area contributed by atoms with Gasteiger partial charge in [-0.15, -0.1) is 0 Å². The molecule has 1 N–H and O–H groups in total. The molecule has 0 saturated heterocycles. The number of carbonyl (C=O) groups is 1. The standard InChI is InChI=1S/C35H31ClN2O6S/c1-3-43-34(26-9-7-8-24(20-26)12-16-28-17-14-25-13-15-27(36)21-32(25)37-28)23-44-33-19-18-29(42-2)22-31(33)35(39)38-45(40,41)30-10-5-4-6-11-30/h4-22,34H,3,23H2,1-2H3,(H,38,39)/b16-12+. The number of fused-ring (bicyclic) bond motifs is 1. The number of aromatic nitrogens is 1. The maximum absolute atomic E-state index is 13.2. The number of ether oxygens (including phenoxy) is 3. The smallest absolute Gasteiger partial charge is 0.268 e. The summed E-state index contributed by atoms with van der Waals surface area (Å²) in [6.07, 6.45) is 3.41. The third-order valence-corrected chi connectivity index (χ3v) is 8.46. The molecule has 0 aliphatic rings. The number of pyridine rings is 1. The van der Waals surface area contributed by atoms with Crippen LogP contribution in [0.5, 0.6) is 11.5 Å². The monoisotopic (exact) mass is 642 g/mol. The molecular formula is C35H31ClN2O6S. The minimum Gasteiger partial charge on any atom is -0.497 e. The normalized spacial score (nSPS) is 12.2. The Labute approximate surface area is 267 Å². The molecule has 0 spiro atoms. The van der Waals surface area contributed by atoms with Gasteiger partial charge < -0.3 is 14.2 Å². The maximum Gasteiger partial charge on any atom is 0.268 e. The summed E-state index contributed by atoms with van der Waals surface area (Å²) < 4.78 is 45.2. The molecule has 5 aromatic rings. The van der Waals surface area contributed by atoms with Crippen molar-refractivity contribution < 1.29 is 27.4 Å². The molecule has 45 heavy (non-hydrogen) atoms. The van der Waals surface area contributed by atoms with E-state index in [4.69, 9.17) is 25.8 Å². The van der Waals surface area contributed by atoms with Gasteiger partial charge in [0.15, 0.2) is 0 Å². The van der Waals surface area contributed by atoms with E-state index in [1.807, 2.05) is 73.7 Å². The van der Waals surface area contributed by atoms with Gasteiger partial charge in [-0.05, 0) is 78.7 Å². The third kappa shape index (κ3) is 8.07. The van der Waals surface area contributed by atoms with Crippen molar-refractivity contribution in [2.24, 2.45) is 0 Å². The van der Waals surface area contributed by atoms with Crippen molar-refractivity contribution in [2.75, 3.05) is 20.3 Å². The van der Waals surface area contributed by atoms with Gasteiger partial charge in [0, 0.05) is 17.0 Å². The van der Waals surface area contributed by atoms with Crippen LogP contribution < -0.4 is 14.2 Å². The number of sulfonamides is 1. The van der Waals surface area contributed by atoms with Gasteiger partial charge >= 0.3 is 0 Å².